The van der Waals surface area contributed by atoms with E-state index in [1.54, 1.807) is 0 Å². The van der Waals surface area contributed by atoms with Gasteiger partial charge in [-0.2, -0.15) is 0 Å². The molecule has 0 spiro atoms. The summed E-state index contributed by atoms with van der Waals surface area (Å²) in [6.07, 6.45) is 4.79. The van der Waals surface area contributed by atoms with Crippen molar-refractivity contribution in [2.75, 3.05) is 5.73 Å². The second-order valence-electron chi connectivity index (χ2n) is 7.47. The lowest BCUT2D eigenvalue weighted by molar-refractivity contribution is 0.820. The SMILES string of the molecule is Nc1ccc(Cl)cc1CC(c1c[nH]c2ccc(Cl)cc12)c1c[nH]c2ccc(Cl)cc12. The number of H-pyrrole nitrogens is 2. The normalized spacial score (nSPS) is 11.7. The number of anilines is 1. The lowest BCUT2D eigenvalue weighted by Crippen LogP contribution is -2.06. The second-order valence-corrected chi connectivity index (χ2v) is 8.78. The summed E-state index contributed by atoms with van der Waals surface area (Å²) in [5, 5.41) is 4.24. The Labute approximate surface area is 188 Å². The van der Waals surface area contributed by atoms with E-state index in [0.29, 0.717) is 21.5 Å². The summed E-state index contributed by atoms with van der Waals surface area (Å²) < 4.78 is 0. The quantitative estimate of drug-likeness (QED) is 0.241. The first-order valence-corrected chi connectivity index (χ1v) is 10.7. The fourth-order valence-corrected chi connectivity index (χ4v) is 4.70. The maximum atomic E-state index is 6.32. The molecular formula is C24H18Cl3N3. The van der Waals surface area contributed by atoms with Gasteiger partial charge in [0.1, 0.15) is 0 Å². The number of hydrogen-bond acceptors (Lipinski definition) is 1. The van der Waals surface area contributed by atoms with Gasteiger partial charge in [0.05, 0.1) is 0 Å². The molecule has 0 aliphatic heterocycles. The molecule has 0 aliphatic rings. The first-order chi connectivity index (χ1) is 14.5. The number of rotatable bonds is 4. The molecule has 6 heteroatoms. The van der Waals surface area contributed by atoms with Gasteiger partial charge in [-0.15, -0.1) is 0 Å². The van der Waals surface area contributed by atoms with E-state index < -0.39 is 0 Å². The lowest BCUT2D eigenvalue weighted by Gasteiger charge is -2.18. The Morgan fingerprint density at radius 2 is 1.20 bits per heavy atom. The molecule has 0 saturated heterocycles. The van der Waals surface area contributed by atoms with Crippen molar-refractivity contribution in [1.29, 1.82) is 0 Å². The van der Waals surface area contributed by atoms with Gasteiger partial charge in [0, 0.05) is 60.9 Å². The van der Waals surface area contributed by atoms with Crippen LogP contribution >= 0.6 is 34.8 Å². The summed E-state index contributed by atoms with van der Waals surface area (Å²) in [4.78, 5) is 6.75. The molecule has 5 rings (SSSR count). The molecule has 0 fully saturated rings. The van der Waals surface area contributed by atoms with E-state index in [0.717, 1.165) is 44.2 Å². The summed E-state index contributed by atoms with van der Waals surface area (Å²) in [6.45, 7) is 0. The van der Waals surface area contributed by atoms with E-state index in [1.165, 1.54) is 0 Å². The highest BCUT2D eigenvalue weighted by molar-refractivity contribution is 6.32. The molecule has 0 amide bonds. The van der Waals surface area contributed by atoms with E-state index >= 15 is 0 Å². The van der Waals surface area contributed by atoms with Gasteiger partial charge in [-0.05, 0) is 77.7 Å². The van der Waals surface area contributed by atoms with E-state index in [-0.39, 0.29) is 5.92 Å². The Hall–Kier alpha value is -2.59. The van der Waals surface area contributed by atoms with Gasteiger partial charge in [-0.25, -0.2) is 0 Å². The van der Waals surface area contributed by atoms with Crippen molar-refractivity contribution in [2.24, 2.45) is 0 Å². The van der Waals surface area contributed by atoms with Crippen LogP contribution in [0.4, 0.5) is 5.69 Å². The van der Waals surface area contributed by atoms with Crippen molar-refractivity contribution in [1.82, 2.24) is 9.97 Å². The van der Waals surface area contributed by atoms with E-state index in [9.17, 15) is 0 Å². The maximum absolute atomic E-state index is 6.32. The maximum Gasteiger partial charge on any atom is 0.0458 e. The van der Waals surface area contributed by atoms with Gasteiger partial charge >= 0.3 is 0 Å². The van der Waals surface area contributed by atoms with E-state index in [1.807, 2.05) is 54.6 Å². The number of nitrogens with two attached hydrogens (primary N) is 1. The van der Waals surface area contributed by atoms with Crippen LogP contribution < -0.4 is 5.73 Å². The third-order valence-corrected chi connectivity index (χ3v) is 6.34. The van der Waals surface area contributed by atoms with Crippen LogP contribution in [0.25, 0.3) is 21.8 Å². The smallest absolute Gasteiger partial charge is 0.0458 e. The largest absolute Gasteiger partial charge is 0.399 e. The molecule has 2 aromatic heterocycles. The Bertz CT molecular complexity index is 1300. The molecule has 150 valence electrons. The van der Waals surface area contributed by atoms with Crippen LogP contribution in [-0.4, -0.2) is 9.97 Å². The topological polar surface area (TPSA) is 57.6 Å². The molecule has 30 heavy (non-hydrogen) atoms. The lowest BCUT2D eigenvalue weighted by atomic mass is 9.85. The van der Waals surface area contributed by atoms with Crippen LogP contribution in [0.1, 0.15) is 22.6 Å². The monoisotopic (exact) mass is 453 g/mol. The van der Waals surface area contributed by atoms with E-state index in [2.05, 4.69) is 22.4 Å². The number of benzene rings is 3. The minimum atomic E-state index is 0.0187. The standard InChI is InChI=1S/C24H18Cl3N3/c25-14-1-4-22(28)13(7-14)8-17(20-11-29-23-5-2-15(26)9-18(20)23)21-12-30-24-6-3-16(27)10-19(21)24/h1-7,9-12,17,29-30H,8,28H2. The van der Waals surface area contributed by atoms with Gasteiger partial charge in [-0.1, -0.05) is 34.8 Å². The summed E-state index contributed by atoms with van der Waals surface area (Å²) in [5.74, 6) is 0.0187. The van der Waals surface area contributed by atoms with Crippen LogP contribution in [0.3, 0.4) is 0 Å². The van der Waals surface area contributed by atoms with Crippen LogP contribution in [0.15, 0.2) is 67.0 Å². The molecule has 0 radical (unpaired) electrons. The zero-order chi connectivity index (χ0) is 20.8. The first kappa shape index (κ1) is 19.4. The van der Waals surface area contributed by atoms with Crippen molar-refractivity contribution in [3.05, 3.63) is 98.7 Å². The molecular weight excluding hydrogens is 437 g/mol. The third kappa shape index (κ3) is 3.43. The average Bonchev–Trinajstić information content (AvgIpc) is 3.32. The van der Waals surface area contributed by atoms with Crippen LogP contribution in [0, 0.1) is 0 Å². The van der Waals surface area contributed by atoms with Crippen molar-refractivity contribution in [3.63, 3.8) is 0 Å². The highest BCUT2D eigenvalue weighted by Gasteiger charge is 2.23. The zero-order valence-corrected chi connectivity index (χ0v) is 18.1. The van der Waals surface area contributed by atoms with Gasteiger partial charge in [-0.3, -0.25) is 0 Å². The average molecular weight is 455 g/mol. The van der Waals surface area contributed by atoms with Crippen molar-refractivity contribution < 1.29 is 0 Å². The third-order valence-electron chi connectivity index (χ3n) is 5.63. The molecule has 0 bridgehead atoms. The van der Waals surface area contributed by atoms with Gasteiger partial charge in [0.15, 0.2) is 0 Å². The number of nitrogens with one attached hydrogen (secondary N) is 2. The highest BCUT2D eigenvalue weighted by atomic mass is 35.5. The molecule has 0 saturated carbocycles. The Kier molecular flexibility index (Phi) is 4.90. The first-order valence-electron chi connectivity index (χ1n) is 9.56. The summed E-state index contributed by atoms with van der Waals surface area (Å²) >= 11 is 18.9. The number of aromatic nitrogens is 2. The molecule has 0 unspecified atom stereocenters. The highest BCUT2D eigenvalue weighted by Crippen LogP contribution is 2.39. The minimum Gasteiger partial charge on any atom is -0.399 e. The predicted octanol–water partition coefficient (Wildman–Crippen LogP) is 7.57. The molecule has 5 aromatic rings. The predicted molar refractivity (Wildman–Crippen MR) is 128 cm³/mol. The van der Waals surface area contributed by atoms with Crippen LogP contribution in [0.2, 0.25) is 15.1 Å². The van der Waals surface area contributed by atoms with Crippen molar-refractivity contribution in [3.8, 4) is 0 Å². The summed E-state index contributed by atoms with van der Waals surface area (Å²) in [7, 11) is 0. The van der Waals surface area contributed by atoms with Gasteiger partial charge < -0.3 is 15.7 Å². The number of hydrogen-bond donors (Lipinski definition) is 3. The molecule has 0 atom stereocenters. The van der Waals surface area contributed by atoms with Crippen molar-refractivity contribution >= 4 is 62.3 Å². The van der Waals surface area contributed by atoms with Crippen LogP contribution in [-0.2, 0) is 6.42 Å². The van der Waals surface area contributed by atoms with Crippen molar-refractivity contribution in [2.45, 2.75) is 12.3 Å². The minimum absolute atomic E-state index is 0.0187. The Morgan fingerprint density at radius 3 is 1.77 bits per heavy atom. The van der Waals surface area contributed by atoms with Gasteiger partial charge in [0.25, 0.3) is 0 Å². The second kappa shape index (κ2) is 7.59. The van der Waals surface area contributed by atoms with Crippen LogP contribution in [0.5, 0.6) is 0 Å². The number of aromatic amines is 2. The number of halogens is 3. The van der Waals surface area contributed by atoms with Gasteiger partial charge in [0.2, 0.25) is 0 Å². The number of nitrogen functional groups attached to an aromatic ring is 1. The fraction of sp³-hybridized carbons (Fsp3) is 0.0833. The Balaban J connectivity index is 1.73. The fourth-order valence-electron chi connectivity index (χ4n) is 4.16. The summed E-state index contributed by atoms with van der Waals surface area (Å²) in [6, 6.07) is 17.4. The molecule has 3 nitrogen and oxygen atoms in total. The number of fused-ring (bicyclic) bond motifs is 2. The molecule has 4 N–H and O–H groups in total. The molecule has 0 aliphatic carbocycles. The summed E-state index contributed by atoms with van der Waals surface area (Å²) in [5.41, 5.74) is 12.4. The zero-order valence-electron chi connectivity index (χ0n) is 15.8. The molecule has 2 heterocycles. The molecule has 3 aromatic carbocycles. The van der Waals surface area contributed by atoms with E-state index in [4.69, 9.17) is 40.5 Å². The Morgan fingerprint density at radius 1 is 0.700 bits per heavy atom.